The summed E-state index contributed by atoms with van der Waals surface area (Å²) < 4.78 is 9.06. The smallest absolute Gasteiger partial charge is 0.333 e. The molecule has 1 N–H and O–H groups in total. The van der Waals surface area contributed by atoms with Crippen molar-refractivity contribution >= 4 is 11.9 Å². The summed E-state index contributed by atoms with van der Waals surface area (Å²) in [5.41, 5.74) is 0.296. The Hall–Kier alpha value is -1.62. The third kappa shape index (κ3) is 6.45. The van der Waals surface area contributed by atoms with Gasteiger partial charge in [-0.2, -0.15) is 0 Å². The summed E-state index contributed by atoms with van der Waals surface area (Å²) >= 11 is 0. The zero-order valence-electron chi connectivity index (χ0n) is 8.56. The van der Waals surface area contributed by atoms with Crippen LogP contribution in [0.5, 0.6) is 0 Å². The molecule has 0 aromatic heterocycles. The maximum absolute atomic E-state index is 11.1. The van der Waals surface area contributed by atoms with Gasteiger partial charge in [-0.05, 0) is 6.92 Å². The second-order valence-corrected chi connectivity index (χ2v) is 2.61. The lowest BCUT2D eigenvalue weighted by Crippen LogP contribution is -2.09. The molecule has 0 amide bonds. The number of hydrogen-bond acceptors (Lipinski definition) is 5. The molecule has 0 aromatic carbocycles. The van der Waals surface area contributed by atoms with Crippen LogP contribution in [-0.4, -0.2) is 30.3 Å². The molecule has 5 heteroatoms. The van der Waals surface area contributed by atoms with Crippen molar-refractivity contribution in [2.45, 2.75) is 13.3 Å². The summed E-state index contributed by atoms with van der Waals surface area (Å²) in [4.78, 5) is 22.0. The van der Waals surface area contributed by atoms with Gasteiger partial charge in [0, 0.05) is 5.57 Å². The van der Waals surface area contributed by atoms with E-state index in [4.69, 9.17) is 5.11 Å². The average Bonchev–Trinajstić information content (AvgIpc) is 2.22. The van der Waals surface area contributed by atoms with Crippen LogP contribution < -0.4 is 0 Å². The molecule has 0 aliphatic heterocycles. The molecule has 15 heavy (non-hydrogen) atoms. The van der Waals surface area contributed by atoms with E-state index in [2.05, 4.69) is 16.1 Å². The van der Waals surface area contributed by atoms with Crippen LogP contribution in [0.1, 0.15) is 13.3 Å². The van der Waals surface area contributed by atoms with E-state index in [1.807, 2.05) is 0 Å². The number of carbonyl (C=O) groups is 2. The largest absolute Gasteiger partial charge is 0.460 e. The van der Waals surface area contributed by atoms with Crippen LogP contribution in [0, 0.1) is 0 Å². The number of hydrogen-bond donors (Lipinski definition) is 1. The maximum Gasteiger partial charge on any atom is 0.333 e. The molecule has 0 saturated carbocycles. The molecule has 5 nitrogen and oxygen atoms in total. The van der Waals surface area contributed by atoms with Gasteiger partial charge in [0.15, 0.2) is 0 Å². The standard InChI is InChI=1S/C10H14O5/c1-3-14-9(12)5-4-8(2)10(13)15-7-6-11/h3-4,11H,1,5-7H2,2H3/b8-4+. The van der Waals surface area contributed by atoms with Gasteiger partial charge in [0.05, 0.1) is 19.3 Å². The van der Waals surface area contributed by atoms with E-state index in [1.54, 1.807) is 0 Å². The fourth-order valence-electron chi connectivity index (χ4n) is 0.713. The van der Waals surface area contributed by atoms with E-state index >= 15 is 0 Å². The third-order valence-corrected chi connectivity index (χ3v) is 1.44. The van der Waals surface area contributed by atoms with E-state index in [0.29, 0.717) is 5.57 Å². The summed E-state index contributed by atoms with van der Waals surface area (Å²) in [6, 6.07) is 0. The normalized spacial score (nSPS) is 10.7. The molecular weight excluding hydrogens is 200 g/mol. The minimum Gasteiger partial charge on any atom is -0.460 e. The Labute approximate surface area is 88.0 Å². The maximum atomic E-state index is 11.1. The zero-order valence-corrected chi connectivity index (χ0v) is 8.56. The van der Waals surface area contributed by atoms with Crippen LogP contribution in [0.15, 0.2) is 24.5 Å². The quantitative estimate of drug-likeness (QED) is 0.397. The molecule has 84 valence electrons. The lowest BCUT2D eigenvalue weighted by Gasteiger charge is -2.02. The first kappa shape index (κ1) is 13.4. The van der Waals surface area contributed by atoms with E-state index in [-0.39, 0.29) is 19.6 Å². The van der Waals surface area contributed by atoms with Crippen LogP contribution in [0.2, 0.25) is 0 Å². The Balaban J connectivity index is 4.01. The predicted octanol–water partition coefficient (Wildman–Crippen LogP) is 0.545. The molecule has 0 saturated heterocycles. The van der Waals surface area contributed by atoms with Crippen LogP contribution >= 0.6 is 0 Å². The van der Waals surface area contributed by atoms with Crippen LogP contribution in [-0.2, 0) is 19.1 Å². The fraction of sp³-hybridized carbons (Fsp3) is 0.400. The highest BCUT2D eigenvalue weighted by molar-refractivity contribution is 5.88. The van der Waals surface area contributed by atoms with Gasteiger partial charge in [-0.3, -0.25) is 4.79 Å². The molecule has 0 atom stereocenters. The molecule has 0 bridgehead atoms. The van der Waals surface area contributed by atoms with E-state index < -0.39 is 11.9 Å². The van der Waals surface area contributed by atoms with Gasteiger partial charge < -0.3 is 14.6 Å². The van der Waals surface area contributed by atoms with Crippen LogP contribution in [0.4, 0.5) is 0 Å². The Morgan fingerprint density at radius 3 is 2.67 bits per heavy atom. The van der Waals surface area contributed by atoms with Gasteiger partial charge in [0.25, 0.3) is 0 Å². The molecule has 0 aromatic rings. The fourth-order valence-corrected chi connectivity index (χ4v) is 0.713. The number of carbonyl (C=O) groups excluding carboxylic acids is 2. The summed E-state index contributed by atoms with van der Waals surface area (Å²) in [5.74, 6) is -1.06. The highest BCUT2D eigenvalue weighted by Gasteiger charge is 2.06. The van der Waals surface area contributed by atoms with Crippen molar-refractivity contribution < 1.29 is 24.2 Å². The molecule has 0 radical (unpaired) electrons. The SMILES string of the molecule is C=COC(=O)C/C=C(\C)C(=O)OCCO. The predicted molar refractivity (Wildman–Crippen MR) is 52.7 cm³/mol. The van der Waals surface area contributed by atoms with Crippen molar-refractivity contribution in [2.75, 3.05) is 13.2 Å². The third-order valence-electron chi connectivity index (χ3n) is 1.44. The van der Waals surface area contributed by atoms with Crippen molar-refractivity contribution in [1.29, 1.82) is 0 Å². The first-order chi connectivity index (χ1) is 7.11. The number of aliphatic hydroxyl groups is 1. The van der Waals surface area contributed by atoms with E-state index in [9.17, 15) is 9.59 Å². The molecule has 0 aliphatic rings. The second-order valence-electron chi connectivity index (χ2n) is 2.61. The Morgan fingerprint density at radius 1 is 1.47 bits per heavy atom. The molecule has 0 heterocycles. The number of rotatable bonds is 6. The van der Waals surface area contributed by atoms with Crippen LogP contribution in [0.25, 0.3) is 0 Å². The highest BCUT2D eigenvalue weighted by Crippen LogP contribution is 2.00. The monoisotopic (exact) mass is 214 g/mol. The van der Waals surface area contributed by atoms with Crippen LogP contribution in [0.3, 0.4) is 0 Å². The zero-order chi connectivity index (χ0) is 11.7. The molecule has 0 rings (SSSR count). The van der Waals surface area contributed by atoms with Gasteiger partial charge >= 0.3 is 11.9 Å². The van der Waals surface area contributed by atoms with Crippen molar-refractivity contribution in [2.24, 2.45) is 0 Å². The summed E-state index contributed by atoms with van der Waals surface area (Å²) in [6.45, 7) is 4.46. The molecule has 0 aliphatic carbocycles. The van der Waals surface area contributed by atoms with Crippen molar-refractivity contribution in [3.8, 4) is 0 Å². The molecule has 0 unspecified atom stereocenters. The summed E-state index contributed by atoms with van der Waals surface area (Å²) in [6.07, 6.45) is 2.40. The van der Waals surface area contributed by atoms with Crippen molar-refractivity contribution in [1.82, 2.24) is 0 Å². The van der Waals surface area contributed by atoms with E-state index in [0.717, 1.165) is 6.26 Å². The minimum absolute atomic E-state index is 0.0217. The molecule has 0 spiro atoms. The van der Waals surface area contributed by atoms with Gasteiger partial charge in [-0.15, -0.1) is 0 Å². The van der Waals surface area contributed by atoms with Gasteiger partial charge in [-0.25, -0.2) is 4.79 Å². The topological polar surface area (TPSA) is 72.8 Å². The number of aliphatic hydroxyl groups excluding tert-OH is 1. The molecular formula is C10H14O5. The van der Waals surface area contributed by atoms with Gasteiger partial charge in [0.2, 0.25) is 0 Å². The average molecular weight is 214 g/mol. The minimum atomic E-state index is -0.560. The lowest BCUT2D eigenvalue weighted by molar-refractivity contribution is -0.139. The van der Waals surface area contributed by atoms with Crippen molar-refractivity contribution in [3.05, 3.63) is 24.5 Å². The first-order valence-corrected chi connectivity index (χ1v) is 4.37. The Kier molecular flexibility index (Phi) is 6.92. The lowest BCUT2D eigenvalue weighted by atomic mass is 10.2. The van der Waals surface area contributed by atoms with E-state index in [1.165, 1.54) is 13.0 Å². The molecule has 0 fully saturated rings. The van der Waals surface area contributed by atoms with Crippen molar-refractivity contribution in [3.63, 3.8) is 0 Å². The first-order valence-electron chi connectivity index (χ1n) is 4.37. The number of ether oxygens (including phenoxy) is 2. The summed E-state index contributed by atoms with van der Waals surface area (Å²) in [7, 11) is 0. The number of esters is 2. The Morgan fingerprint density at radius 2 is 2.13 bits per heavy atom. The Bertz CT molecular complexity index is 267. The van der Waals surface area contributed by atoms with Gasteiger partial charge in [-0.1, -0.05) is 12.7 Å². The highest BCUT2D eigenvalue weighted by atomic mass is 16.5. The summed E-state index contributed by atoms with van der Waals surface area (Å²) in [5, 5.41) is 8.40. The second kappa shape index (κ2) is 7.75. The van der Waals surface area contributed by atoms with Gasteiger partial charge in [0.1, 0.15) is 6.61 Å².